The Morgan fingerprint density at radius 1 is 1.62 bits per heavy atom. The van der Waals surface area contributed by atoms with Gasteiger partial charge in [0.2, 0.25) is 0 Å². The van der Waals surface area contributed by atoms with Gasteiger partial charge in [-0.1, -0.05) is 0 Å². The highest BCUT2D eigenvalue weighted by Crippen LogP contribution is 2.30. The predicted octanol–water partition coefficient (Wildman–Crippen LogP) is 2.77. The highest BCUT2D eigenvalue weighted by molar-refractivity contribution is 6.17. The molecule has 0 radical (unpaired) electrons. The molecule has 0 aliphatic carbocycles. The molecule has 1 rings (SSSR count). The molecule has 1 aromatic rings. The third-order valence-corrected chi connectivity index (χ3v) is 2.08. The number of aromatic nitrogens is 1. The second kappa shape index (κ2) is 3.87. The highest BCUT2D eigenvalue weighted by atomic mass is 35.5. The van der Waals surface area contributed by atoms with E-state index in [1.54, 1.807) is 0 Å². The van der Waals surface area contributed by atoms with Crippen LogP contribution in [0.3, 0.4) is 0 Å². The summed E-state index contributed by atoms with van der Waals surface area (Å²) in [4.78, 5) is 3.42. The van der Waals surface area contributed by atoms with Crippen molar-refractivity contribution in [1.82, 2.24) is 4.98 Å². The first-order chi connectivity index (χ1) is 6.07. The van der Waals surface area contributed by atoms with Crippen molar-refractivity contribution in [2.75, 3.05) is 0 Å². The largest absolute Gasteiger partial charge is 0.506 e. The Hall–Kier alpha value is -0.900. The van der Waals surface area contributed by atoms with Crippen molar-refractivity contribution < 1.29 is 13.9 Å². The van der Waals surface area contributed by atoms with Gasteiger partial charge in [0.25, 0.3) is 6.43 Å². The summed E-state index contributed by atoms with van der Waals surface area (Å²) in [6, 6.07) is 0. The van der Waals surface area contributed by atoms with Gasteiger partial charge in [-0.2, -0.15) is 0 Å². The third kappa shape index (κ3) is 1.88. The first-order valence-corrected chi connectivity index (χ1v) is 4.12. The number of rotatable bonds is 2. The molecule has 0 fully saturated rings. The Morgan fingerprint density at radius 3 is 2.69 bits per heavy atom. The summed E-state index contributed by atoms with van der Waals surface area (Å²) in [5.74, 6) is -0.316. The van der Waals surface area contributed by atoms with Gasteiger partial charge in [0, 0.05) is 12.1 Å². The molecule has 0 saturated heterocycles. The van der Waals surface area contributed by atoms with Crippen LogP contribution in [0.2, 0.25) is 0 Å². The molecule has 0 atom stereocenters. The van der Waals surface area contributed by atoms with Crippen LogP contribution in [0.15, 0.2) is 6.20 Å². The highest BCUT2D eigenvalue weighted by Gasteiger charge is 2.17. The molecule has 13 heavy (non-hydrogen) atoms. The number of nitrogens with zero attached hydrogens (tertiary/aromatic N) is 1. The molecule has 5 heteroatoms. The van der Waals surface area contributed by atoms with E-state index in [0.717, 1.165) is 0 Å². The summed E-state index contributed by atoms with van der Waals surface area (Å²) in [6.45, 7) is 1.53. The lowest BCUT2D eigenvalue weighted by Gasteiger charge is -2.08. The average molecular weight is 208 g/mol. The Labute approximate surface area is 79.2 Å². The molecule has 1 aromatic heterocycles. The maximum Gasteiger partial charge on any atom is 0.284 e. The van der Waals surface area contributed by atoms with Crippen molar-refractivity contribution in [3.8, 4) is 5.75 Å². The van der Waals surface area contributed by atoms with Gasteiger partial charge in [0.1, 0.15) is 11.4 Å². The number of aromatic hydroxyl groups is 1. The van der Waals surface area contributed by atoms with Crippen LogP contribution in [0, 0.1) is 6.92 Å². The predicted molar refractivity (Wildman–Crippen MR) is 45.2 cm³/mol. The smallest absolute Gasteiger partial charge is 0.284 e. The van der Waals surface area contributed by atoms with E-state index in [0.29, 0.717) is 11.1 Å². The van der Waals surface area contributed by atoms with Crippen molar-refractivity contribution in [1.29, 1.82) is 0 Å². The van der Waals surface area contributed by atoms with Gasteiger partial charge in [-0.15, -0.1) is 11.6 Å². The molecule has 1 heterocycles. The molecule has 0 saturated carbocycles. The Bertz CT molecular complexity index is 317. The van der Waals surface area contributed by atoms with Crippen LogP contribution < -0.4 is 0 Å². The van der Waals surface area contributed by atoms with Crippen LogP contribution in [-0.4, -0.2) is 10.1 Å². The molecule has 72 valence electrons. The Balaban J connectivity index is 3.23. The summed E-state index contributed by atoms with van der Waals surface area (Å²) in [7, 11) is 0. The van der Waals surface area contributed by atoms with Gasteiger partial charge < -0.3 is 5.11 Å². The lowest BCUT2D eigenvalue weighted by molar-refractivity contribution is 0.141. The van der Waals surface area contributed by atoms with E-state index in [1.165, 1.54) is 13.1 Å². The van der Waals surface area contributed by atoms with Crippen LogP contribution in [0.1, 0.15) is 23.2 Å². The van der Waals surface area contributed by atoms with E-state index in [1.807, 2.05) is 0 Å². The normalized spacial score (nSPS) is 10.8. The van der Waals surface area contributed by atoms with Crippen molar-refractivity contribution >= 4 is 11.6 Å². The van der Waals surface area contributed by atoms with Gasteiger partial charge in [0.15, 0.2) is 0 Å². The number of hydrogen-bond acceptors (Lipinski definition) is 2. The van der Waals surface area contributed by atoms with Crippen molar-refractivity contribution in [2.45, 2.75) is 19.2 Å². The molecular formula is C8H8ClF2NO. The van der Waals surface area contributed by atoms with Crippen LogP contribution in [0.5, 0.6) is 5.75 Å². The lowest BCUT2D eigenvalue weighted by atomic mass is 10.1. The van der Waals surface area contributed by atoms with Crippen LogP contribution in [-0.2, 0) is 5.88 Å². The minimum absolute atomic E-state index is 0.149. The molecule has 0 aliphatic rings. The monoisotopic (exact) mass is 207 g/mol. The quantitative estimate of drug-likeness (QED) is 0.757. The van der Waals surface area contributed by atoms with Crippen molar-refractivity contribution in [3.63, 3.8) is 0 Å². The molecule has 0 aliphatic heterocycles. The first-order valence-electron chi connectivity index (χ1n) is 3.59. The third-order valence-electron chi connectivity index (χ3n) is 1.79. The molecule has 0 amide bonds. The second-order valence-electron chi connectivity index (χ2n) is 2.58. The first kappa shape index (κ1) is 10.2. The second-order valence-corrected chi connectivity index (χ2v) is 2.84. The zero-order valence-corrected chi connectivity index (χ0v) is 7.65. The van der Waals surface area contributed by atoms with Crippen molar-refractivity contribution in [3.05, 3.63) is 23.0 Å². The average Bonchev–Trinajstić information content (AvgIpc) is 2.09. The summed E-state index contributed by atoms with van der Waals surface area (Å²) < 4.78 is 24.4. The zero-order chi connectivity index (χ0) is 10.0. The summed E-state index contributed by atoms with van der Waals surface area (Å²) in [5.41, 5.74) is 0.329. The minimum Gasteiger partial charge on any atom is -0.506 e. The number of hydrogen-bond donors (Lipinski definition) is 1. The lowest BCUT2D eigenvalue weighted by Crippen LogP contribution is -1.96. The van der Waals surface area contributed by atoms with E-state index in [2.05, 4.69) is 4.98 Å². The molecule has 0 unspecified atom stereocenters. The Morgan fingerprint density at radius 2 is 2.23 bits per heavy atom. The molecule has 0 bridgehead atoms. The molecular weight excluding hydrogens is 200 g/mol. The minimum atomic E-state index is -2.76. The van der Waals surface area contributed by atoms with E-state index in [4.69, 9.17) is 11.6 Å². The van der Waals surface area contributed by atoms with Crippen LogP contribution >= 0.6 is 11.6 Å². The standard InChI is InChI=1S/C8H8ClF2NO/c1-4-5(2-9)3-12-6(7(4)13)8(10)11/h3,8,13H,2H2,1H3. The fourth-order valence-corrected chi connectivity index (χ4v) is 1.21. The molecule has 0 aromatic carbocycles. The fraction of sp³-hybridized carbons (Fsp3) is 0.375. The maximum atomic E-state index is 12.2. The SMILES string of the molecule is Cc1c(CCl)cnc(C(F)F)c1O. The fourth-order valence-electron chi connectivity index (χ4n) is 0.944. The summed E-state index contributed by atoms with van der Waals surface area (Å²) in [6.07, 6.45) is -1.51. The molecule has 0 spiro atoms. The van der Waals surface area contributed by atoms with Gasteiger partial charge in [-0.3, -0.25) is 4.98 Å². The van der Waals surface area contributed by atoms with Crippen molar-refractivity contribution in [2.24, 2.45) is 0 Å². The van der Waals surface area contributed by atoms with Crippen LogP contribution in [0.25, 0.3) is 0 Å². The van der Waals surface area contributed by atoms with E-state index in [-0.39, 0.29) is 5.88 Å². The van der Waals surface area contributed by atoms with Gasteiger partial charge >= 0.3 is 0 Å². The molecule has 2 nitrogen and oxygen atoms in total. The van der Waals surface area contributed by atoms with E-state index >= 15 is 0 Å². The van der Waals surface area contributed by atoms with Gasteiger partial charge in [-0.25, -0.2) is 8.78 Å². The zero-order valence-electron chi connectivity index (χ0n) is 6.89. The Kier molecular flexibility index (Phi) is 3.03. The van der Waals surface area contributed by atoms with E-state index < -0.39 is 17.9 Å². The van der Waals surface area contributed by atoms with Crippen LogP contribution in [0.4, 0.5) is 8.78 Å². The summed E-state index contributed by atoms with van der Waals surface area (Å²) >= 11 is 5.50. The number of halogens is 3. The van der Waals surface area contributed by atoms with Gasteiger partial charge in [-0.05, 0) is 18.1 Å². The molecule has 1 N–H and O–H groups in total. The van der Waals surface area contributed by atoms with E-state index in [9.17, 15) is 13.9 Å². The van der Waals surface area contributed by atoms with Gasteiger partial charge in [0.05, 0.1) is 0 Å². The topological polar surface area (TPSA) is 33.1 Å². The number of alkyl halides is 3. The number of pyridine rings is 1. The summed E-state index contributed by atoms with van der Waals surface area (Å²) in [5, 5.41) is 9.28. The maximum absolute atomic E-state index is 12.2.